The van der Waals surface area contributed by atoms with Gasteiger partial charge in [0.05, 0.1) is 0 Å². The lowest BCUT2D eigenvalue weighted by Crippen LogP contribution is -2.36. The third-order valence-corrected chi connectivity index (χ3v) is 5.04. The molecule has 1 saturated carbocycles. The Morgan fingerprint density at radius 3 is 2.50 bits per heavy atom. The molecular formula is C13H25NOS. The zero-order valence-corrected chi connectivity index (χ0v) is 11.1. The number of ether oxygens (including phenoxy) is 1. The van der Waals surface area contributed by atoms with Gasteiger partial charge in [0, 0.05) is 36.8 Å². The monoisotopic (exact) mass is 243 g/mol. The van der Waals surface area contributed by atoms with E-state index >= 15 is 0 Å². The van der Waals surface area contributed by atoms with Crippen LogP contribution in [-0.4, -0.2) is 36.8 Å². The number of nitrogens with one attached hydrogen (secondary N) is 1. The predicted molar refractivity (Wildman–Crippen MR) is 71.2 cm³/mol. The summed E-state index contributed by atoms with van der Waals surface area (Å²) in [6.07, 6.45) is 9.72. The normalized spacial score (nSPS) is 24.8. The molecule has 0 aromatic rings. The molecule has 2 nitrogen and oxygen atoms in total. The van der Waals surface area contributed by atoms with E-state index in [2.05, 4.69) is 17.1 Å². The van der Waals surface area contributed by atoms with E-state index in [9.17, 15) is 0 Å². The summed E-state index contributed by atoms with van der Waals surface area (Å²) >= 11 is 2.19. The van der Waals surface area contributed by atoms with Crippen LogP contribution >= 0.6 is 11.8 Å². The van der Waals surface area contributed by atoms with E-state index in [4.69, 9.17) is 4.74 Å². The molecule has 1 aliphatic heterocycles. The van der Waals surface area contributed by atoms with Crippen LogP contribution in [0.1, 0.15) is 44.9 Å². The van der Waals surface area contributed by atoms with Crippen molar-refractivity contribution in [1.29, 1.82) is 0 Å². The second kappa shape index (κ2) is 7.57. The van der Waals surface area contributed by atoms with Crippen molar-refractivity contribution in [2.24, 2.45) is 0 Å². The van der Waals surface area contributed by atoms with Crippen molar-refractivity contribution < 1.29 is 4.74 Å². The Bertz CT molecular complexity index is 157. The first kappa shape index (κ1) is 12.7. The van der Waals surface area contributed by atoms with E-state index in [-0.39, 0.29) is 0 Å². The fraction of sp³-hybridized carbons (Fsp3) is 1.00. The first-order chi connectivity index (χ1) is 7.95. The third kappa shape index (κ3) is 4.64. The summed E-state index contributed by atoms with van der Waals surface area (Å²) in [5.41, 5.74) is 0. The van der Waals surface area contributed by atoms with Crippen LogP contribution in [0.3, 0.4) is 0 Å². The van der Waals surface area contributed by atoms with Gasteiger partial charge >= 0.3 is 0 Å². The zero-order chi connectivity index (χ0) is 11.1. The second-order valence-corrected chi connectivity index (χ2v) is 6.38. The molecule has 2 fully saturated rings. The highest BCUT2D eigenvalue weighted by Crippen LogP contribution is 2.27. The number of rotatable bonds is 5. The Morgan fingerprint density at radius 2 is 1.75 bits per heavy atom. The fourth-order valence-corrected chi connectivity index (χ4v) is 3.86. The summed E-state index contributed by atoms with van der Waals surface area (Å²) in [7, 11) is 0. The standard InChI is InChI=1S/C13H25NOS/c1-2-4-13(5-3-1)16-11-8-14-12-6-9-15-10-7-12/h12-14H,1-11H2. The molecule has 0 bridgehead atoms. The van der Waals surface area contributed by atoms with Gasteiger partial charge in [-0.2, -0.15) is 11.8 Å². The number of hydrogen-bond donors (Lipinski definition) is 1. The molecule has 0 atom stereocenters. The minimum absolute atomic E-state index is 0.723. The molecular weight excluding hydrogens is 218 g/mol. The van der Waals surface area contributed by atoms with E-state index in [1.807, 2.05) is 0 Å². The van der Waals surface area contributed by atoms with Crippen molar-refractivity contribution in [1.82, 2.24) is 5.32 Å². The number of thioether (sulfide) groups is 1. The number of hydrogen-bond acceptors (Lipinski definition) is 3. The Hall–Kier alpha value is 0.270. The Labute approximate surface area is 104 Å². The fourth-order valence-electron chi connectivity index (χ4n) is 2.62. The van der Waals surface area contributed by atoms with E-state index in [1.165, 1.54) is 57.2 Å². The van der Waals surface area contributed by atoms with Crippen LogP contribution in [-0.2, 0) is 4.74 Å². The smallest absolute Gasteiger partial charge is 0.0480 e. The van der Waals surface area contributed by atoms with Crippen LogP contribution in [0.2, 0.25) is 0 Å². The van der Waals surface area contributed by atoms with Gasteiger partial charge in [0.2, 0.25) is 0 Å². The molecule has 3 heteroatoms. The quantitative estimate of drug-likeness (QED) is 0.750. The topological polar surface area (TPSA) is 21.3 Å². The molecule has 2 aliphatic rings. The lowest BCUT2D eigenvalue weighted by molar-refractivity contribution is 0.0786. The average molecular weight is 243 g/mol. The van der Waals surface area contributed by atoms with Crippen molar-refractivity contribution in [3.63, 3.8) is 0 Å². The van der Waals surface area contributed by atoms with Crippen molar-refractivity contribution >= 4 is 11.8 Å². The molecule has 1 N–H and O–H groups in total. The first-order valence-electron chi connectivity index (χ1n) is 6.88. The maximum absolute atomic E-state index is 5.36. The molecule has 0 amide bonds. The van der Waals surface area contributed by atoms with Gasteiger partial charge < -0.3 is 10.1 Å². The first-order valence-corrected chi connectivity index (χ1v) is 7.93. The van der Waals surface area contributed by atoms with E-state index in [1.54, 1.807) is 0 Å². The van der Waals surface area contributed by atoms with Crippen LogP contribution in [0.15, 0.2) is 0 Å². The molecule has 16 heavy (non-hydrogen) atoms. The van der Waals surface area contributed by atoms with Gasteiger partial charge in [-0.3, -0.25) is 0 Å². The van der Waals surface area contributed by atoms with E-state index < -0.39 is 0 Å². The third-order valence-electron chi connectivity index (χ3n) is 3.66. The van der Waals surface area contributed by atoms with Gasteiger partial charge in [-0.05, 0) is 25.7 Å². The molecule has 1 aliphatic carbocycles. The molecule has 0 spiro atoms. The van der Waals surface area contributed by atoms with Crippen LogP contribution in [0, 0.1) is 0 Å². The highest BCUT2D eigenvalue weighted by Gasteiger charge is 2.15. The largest absolute Gasteiger partial charge is 0.381 e. The van der Waals surface area contributed by atoms with Crippen molar-refractivity contribution in [3.05, 3.63) is 0 Å². The highest BCUT2D eigenvalue weighted by atomic mass is 32.2. The zero-order valence-electron chi connectivity index (χ0n) is 10.2. The summed E-state index contributed by atoms with van der Waals surface area (Å²) in [6, 6.07) is 0.723. The SMILES string of the molecule is C1CCC(SCCNC2CCOCC2)CC1. The van der Waals surface area contributed by atoms with Crippen LogP contribution in [0.25, 0.3) is 0 Å². The second-order valence-electron chi connectivity index (χ2n) is 4.97. The Kier molecular flexibility index (Phi) is 6.02. The van der Waals surface area contributed by atoms with Crippen LogP contribution < -0.4 is 5.32 Å². The van der Waals surface area contributed by atoms with Crippen molar-refractivity contribution in [2.75, 3.05) is 25.5 Å². The van der Waals surface area contributed by atoms with Gasteiger partial charge in [-0.1, -0.05) is 19.3 Å². The summed E-state index contributed by atoms with van der Waals surface area (Å²) in [5.74, 6) is 1.29. The van der Waals surface area contributed by atoms with Gasteiger partial charge in [-0.15, -0.1) is 0 Å². The maximum atomic E-state index is 5.36. The molecule has 0 unspecified atom stereocenters. The molecule has 1 heterocycles. The summed E-state index contributed by atoms with van der Waals surface area (Å²) in [4.78, 5) is 0. The summed E-state index contributed by atoms with van der Waals surface area (Å²) in [5, 5.41) is 4.62. The van der Waals surface area contributed by atoms with Crippen LogP contribution in [0.5, 0.6) is 0 Å². The van der Waals surface area contributed by atoms with Gasteiger partial charge in [0.1, 0.15) is 0 Å². The molecule has 94 valence electrons. The van der Waals surface area contributed by atoms with Crippen molar-refractivity contribution in [3.8, 4) is 0 Å². The summed E-state index contributed by atoms with van der Waals surface area (Å²) in [6.45, 7) is 3.09. The van der Waals surface area contributed by atoms with E-state index in [0.29, 0.717) is 0 Å². The van der Waals surface area contributed by atoms with Crippen molar-refractivity contribution in [2.45, 2.75) is 56.2 Å². The highest BCUT2D eigenvalue weighted by molar-refractivity contribution is 7.99. The molecule has 1 saturated heterocycles. The van der Waals surface area contributed by atoms with Crippen LogP contribution in [0.4, 0.5) is 0 Å². The summed E-state index contributed by atoms with van der Waals surface area (Å²) < 4.78 is 5.36. The molecule has 0 radical (unpaired) electrons. The molecule has 2 rings (SSSR count). The lowest BCUT2D eigenvalue weighted by Gasteiger charge is -2.24. The lowest BCUT2D eigenvalue weighted by atomic mass is 10.0. The minimum atomic E-state index is 0.723. The predicted octanol–water partition coefficient (Wildman–Crippen LogP) is 2.82. The van der Waals surface area contributed by atoms with Gasteiger partial charge in [0.15, 0.2) is 0 Å². The Balaban J connectivity index is 1.47. The average Bonchev–Trinajstić information content (AvgIpc) is 2.37. The molecule has 0 aromatic carbocycles. The van der Waals surface area contributed by atoms with Gasteiger partial charge in [0.25, 0.3) is 0 Å². The van der Waals surface area contributed by atoms with E-state index in [0.717, 1.165) is 24.5 Å². The Morgan fingerprint density at radius 1 is 1.00 bits per heavy atom. The molecule has 0 aromatic heterocycles. The maximum Gasteiger partial charge on any atom is 0.0480 e. The van der Waals surface area contributed by atoms with Gasteiger partial charge in [-0.25, -0.2) is 0 Å². The minimum Gasteiger partial charge on any atom is -0.381 e.